The monoisotopic (exact) mass is 350 g/mol. The van der Waals surface area contributed by atoms with E-state index in [2.05, 4.69) is 26.2 Å². The summed E-state index contributed by atoms with van der Waals surface area (Å²) >= 11 is 3.20. The number of pyridine rings is 1. The molecule has 7 heteroatoms. The van der Waals surface area contributed by atoms with E-state index in [4.69, 9.17) is 0 Å². The van der Waals surface area contributed by atoms with Gasteiger partial charge in [-0.3, -0.25) is 4.79 Å². The van der Waals surface area contributed by atoms with E-state index in [9.17, 15) is 18.0 Å². The van der Waals surface area contributed by atoms with E-state index in [1.807, 2.05) is 0 Å². The van der Waals surface area contributed by atoms with E-state index in [1.165, 1.54) is 6.20 Å². The molecule has 2 atom stereocenters. The predicted molar refractivity (Wildman–Crippen MR) is 71.2 cm³/mol. The Hall–Kier alpha value is -1.11. The van der Waals surface area contributed by atoms with Gasteiger partial charge in [0, 0.05) is 16.7 Å². The van der Waals surface area contributed by atoms with Gasteiger partial charge in [0.25, 0.3) is 5.91 Å². The zero-order valence-electron chi connectivity index (χ0n) is 10.6. The molecule has 1 fully saturated rings. The summed E-state index contributed by atoms with van der Waals surface area (Å²) in [5, 5.41) is 2.65. The standard InChI is InChI=1S/C13H14BrF3N2O/c14-10-5-2-6-18-11(10)12(20)19-9-4-1-3-8(7-9)13(15,16)17/h2,5-6,8-9H,1,3-4,7H2,(H,19,20). The van der Waals surface area contributed by atoms with Gasteiger partial charge in [-0.05, 0) is 47.3 Å². The Morgan fingerprint density at radius 1 is 1.40 bits per heavy atom. The maximum absolute atomic E-state index is 12.7. The van der Waals surface area contributed by atoms with Gasteiger partial charge >= 0.3 is 6.18 Å². The van der Waals surface area contributed by atoms with Gasteiger partial charge in [-0.25, -0.2) is 4.98 Å². The number of amides is 1. The maximum atomic E-state index is 12.7. The summed E-state index contributed by atoms with van der Waals surface area (Å²) in [6.45, 7) is 0. The number of carbonyl (C=O) groups excluding carboxylic acids is 1. The van der Waals surface area contributed by atoms with Gasteiger partial charge in [-0.1, -0.05) is 6.42 Å². The van der Waals surface area contributed by atoms with Crippen molar-refractivity contribution in [2.75, 3.05) is 0 Å². The molecule has 0 radical (unpaired) electrons. The molecule has 1 aliphatic rings. The molecule has 110 valence electrons. The topological polar surface area (TPSA) is 42.0 Å². The molecule has 0 aromatic carbocycles. The third kappa shape index (κ3) is 3.71. The highest BCUT2D eigenvalue weighted by Gasteiger charge is 2.42. The first kappa shape index (κ1) is 15.3. The lowest BCUT2D eigenvalue weighted by molar-refractivity contribution is -0.183. The number of aromatic nitrogens is 1. The highest BCUT2D eigenvalue weighted by atomic mass is 79.9. The molecule has 1 aromatic heterocycles. The average Bonchev–Trinajstić information content (AvgIpc) is 2.38. The number of alkyl halides is 3. The molecule has 1 heterocycles. The number of carbonyl (C=O) groups is 1. The zero-order chi connectivity index (χ0) is 14.8. The molecule has 20 heavy (non-hydrogen) atoms. The molecule has 1 N–H and O–H groups in total. The minimum atomic E-state index is -4.19. The van der Waals surface area contributed by atoms with Crippen LogP contribution >= 0.6 is 15.9 Å². The van der Waals surface area contributed by atoms with Crippen molar-refractivity contribution in [2.45, 2.75) is 37.9 Å². The summed E-state index contributed by atoms with van der Waals surface area (Å²) in [4.78, 5) is 15.9. The maximum Gasteiger partial charge on any atom is 0.391 e. The van der Waals surface area contributed by atoms with E-state index < -0.39 is 24.0 Å². The van der Waals surface area contributed by atoms with Crippen LogP contribution in [0.4, 0.5) is 13.2 Å². The van der Waals surface area contributed by atoms with Crippen LogP contribution in [0.2, 0.25) is 0 Å². The Kier molecular flexibility index (Phi) is 4.67. The summed E-state index contributed by atoms with van der Waals surface area (Å²) in [6, 6.07) is 2.89. The molecule has 0 bridgehead atoms. The Labute approximate surface area is 123 Å². The fraction of sp³-hybridized carbons (Fsp3) is 0.538. The SMILES string of the molecule is O=C(NC1CCCC(C(F)(F)F)C1)c1ncccc1Br. The van der Waals surface area contributed by atoms with Crippen molar-refractivity contribution in [3.63, 3.8) is 0 Å². The van der Waals surface area contributed by atoms with Crippen molar-refractivity contribution < 1.29 is 18.0 Å². The van der Waals surface area contributed by atoms with Crippen molar-refractivity contribution in [3.8, 4) is 0 Å². The fourth-order valence-electron chi connectivity index (χ4n) is 2.42. The first-order valence-corrected chi connectivity index (χ1v) is 7.15. The molecule has 1 aromatic rings. The molecule has 0 saturated heterocycles. The lowest BCUT2D eigenvalue weighted by Crippen LogP contribution is -2.41. The van der Waals surface area contributed by atoms with Gasteiger partial charge in [0.15, 0.2) is 0 Å². The molecule has 0 spiro atoms. The predicted octanol–water partition coefficient (Wildman–Crippen LogP) is 3.70. The molecule has 1 saturated carbocycles. The van der Waals surface area contributed by atoms with Crippen LogP contribution in [0.3, 0.4) is 0 Å². The molecular formula is C13H14BrF3N2O. The quantitative estimate of drug-likeness (QED) is 0.883. The van der Waals surface area contributed by atoms with Gasteiger partial charge in [-0.2, -0.15) is 13.2 Å². The third-order valence-electron chi connectivity index (χ3n) is 3.45. The van der Waals surface area contributed by atoms with Crippen LogP contribution in [0.15, 0.2) is 22.8 Å². The number of rotatable bonds is 2. The summed E-state index contributed by atoms with van der Waals surface area (Å²) in [7, 11) is 0. The average molecular weight is 351 g/mol. The minimum Gasteiger partial charge on any atom is -0.348 e. The first-order valence-electron chi connectivity index (χ1n) is 6.36. The third-order valence-corrected chi connectivity index (χ3v) is 4.09. The number of hydrogen-bond donors (Lipinski definition) is 1. The minimum absolute atomic E-state index is 0.0559. The Morgan fingerprint density at radius 3 is 2.80 bits per heavy atom. The van der Waals surface area contributed by atoms with Crippen LogP contribution in [-0.2, 0) is 0 Å². The van der Waals surface area contributed by atoms with Crippen LogP contribution in [0.25, 0.3) is 0 Å². The van der Waals surface area contributed by atoms with Crippen molar-refractivity contribution >= 4 is 21.8 Å². The molecule has 2 rings (SSSR count). The van der Waals surface area contributed by atoms with Crippen LogP contribution in [-0.4, -0.2) is 23.1 Å². The molecule has 1 aliphatic carbocycles. The van der Waals surface area contributed by atoms with Gasteiger partial charge in [0.1, 0.15) is 5.69 Å². The van der Waals surface area contributed by atoms with E-state index in [-0.39, 0.29) is 18.5 Å². The second kappa shape index (κ2) is 6.11. The van der Waals surface area contributed by atoms with Crippen LogP contribution in [0, 0.1) is 5.92 Å². The van der Waals surface area contributed by atoms with E-state index in [0.717, 1.165) is 0 Å². The molecule has 3 nitrogen and oxygen atoms in total. The van der Waals surface area contributed by atoms with Crippen LogP contribution in [0.1, 0.15) is 36.2 Å². The lowest BCUT2D eigenvalue weighted by atomic mass is 9.85. The lowest BCUT2D eigenvalue weighted by Gasteiger charge is -2.30. The van der Waals surface area contributed by atoms with E-state index in [1.54, 1.807) is 12.1 Å². The van der Waals surface area contributed by atoms with E-state index >= 15 is 0 Å². The zero-order valence-corrected chi connectivity index (χ0v) is 12.2. The Balaban J connectivity index is 2.00. The summed E-state index contributed by atoms with van der Waals surface area (Å²) in [5.74, 6) is -1.76. The number of halogens is 4. The second-order valence-corrected chi connectivity index (χ2v) is 5.76. The smallest absolute Gasteiger partial charge is 0.348 e. The summed E-state index contributed by atoms with van der Waals surface area (Å²) in [5.41, 5.74) is 0.196. The first-order chi connectivity index (χ1) is 9.38. The van der Waals surface area contributed by atoms with Gasteiger partial charge < -0.3 is 5.32 Å². The second-order valence-electron chi connectivity index (χ2n) is 4.91. The van der Waals surface area contributed by atoms with Gasteiger partial charge in [-0.15, -0.1) is 0 Å². The molecular weight excluding hydrogens is 337 g/mol. The van der Waals surface area contributed by atoms with Gasteiger partial charge in [0.2, 0.25) is 0 Å². The summed E-state index contributed by atoms with van der Waals surface area (Å²) < 4.78 is 38.6. The largest absolute Gasteiger partial charge is 0.391 e. The van der Waals surface area contributed by atoms with E-state index in [0.29, 0.717) is 17.3 Å². The Morgan fingerprint density at radius 2 is 2.15 bits per heavy atom. The number of nitrogens with zero attached hydrogens (tertiary/aromatic N) is 1. The molecule has 1 amide bonds. The van der Waals surface area contributed by atoms with Crippen molar-refractivity contribution in [3.05, 3.63) is 28.5 Å². The highest BCUT2D eigenvalue weighted by molar-refractivity contribution is 9.10. The highest BCUT2D eigenvalue weighted by Crippen LogP contribution is 2.37. The number of nitrogens with one attached hydrogen (secondary N) is 1. The molecule has 0 aliphatic heterocycles. The van der Waals surface area contributed by atoms with Crippen LogP contribution < -0.4 is 5.32 Å². The van der Waals surface area contributed by atoms with Crippen molar-refractivity contribution in [1.29, 1.82) is 0 Å². The summed E-state index contributed by atoms with van der Waals surface area (Å²) in [6.07, 6.45) is -1.59. The fourth-order valence-corrected chi connectivity index (χ4v) is 2.86. The normalized spacial score (nSPS) is 23.4. The van der Waals surface area contributed by atoms with Crippen molar-refractivity contribution in [1.82, 2.24) is 10.3 Å². The molecule has 2 unspecified atom stereocenters. The number of hydrogen-bond acceptors (Lipinski definition) is 2. The van der Waals surface area contributed by atoms with Crippen LogP contribution in [0.5, 0.6) is 0 Å². The Bertz CT molecular complexity index is 493. The van der Waals surface area contributed by atoms with Crippen molar-refractivity contribution in [2.24, 2.45) is 5.92 Å². The van der Waals surface area contributed by atoms with Gasteiger partial charge in [0.05, 0.1) is 5.92 Å².